The quantitative estimate of drug-likeness (QED) is 0.550. The average molecular weight is 235 g/mol. The molecule has 0 unspecified atom stereocenters. The van der Waals surface area contributed by atoms with E-state index in [4.69, 9.17) is 4.42 Å². The van der Waals surface area contributed by atoms with Crippen LogP contribution >= 0.6 is 0 Å². The molecular formula is C14H9N3O. The van der Waals surface area contributed by atoms with Gasteiger partial charge < -0.3 is 9.40 Å². The number of fused-ring (bicyclic) bond motifs is 2. The Labute approximate surface area is 102 Å². The predicted octanol–water partition coefficient (Wildman–Crippen LogP) is 3.37. The molecule has 18 heavy (non-hydrogen) atoms. The first-order valence-corrected chi connectivity index (χ1v) is 5.69. The maximum Gasteiger partial charge on any atom is 0.154 e. The van der Waals surface area contributed by atoms with Crippen LogP contribution < -0.4 is 0 Å². The third-order valence-corrected chi connectivity index (χ3v) is 3.01. The van der Waals surface area contributed by atoms with Crippen molar-refractivity contribution in [2.45, 2.75) is 0 Å². The Balaban J connectivity index is 2.04. The highest BCUT2D eigenvalue weighted by atomic mass is 16.3. The number of furan rings is 1. The van der Waals surface area contributed by atoms with Gasteiger partial charge in [-0.2, -0.15) is 0 Å². The van der Waals surface area contributed by atoms with Crippen molar-refractivity contribution in [1.82, 2.24) is 15.0 Å². The summed E-state index contributed by atoms with van der Waals surface area (Å²) in [6, 6.07) is 11.9. The van der Waals surface area contributed by atoms with Crippen LogP contribution in [0.1, 0.15) is 0 Å². The summed E-state index contributed by atoms with van der Waals surface area (Å²) in [5.41, 5.74) is 2.51. The molecule has 0 atom stereocenters. The number of nitrogens with one attached hydrogen (secondary N) is 1. The van der Waals surface area contributed by atoms with Crippen molar-refractivity contribution >= 4 is 22.0 Å². The van der Waals surface area contributed by atoms with E-state index in [2.05, 4.69) is 15.0 Å². The van der Waals surface area contributed by atoms with E-state index in [0.717, 1.165) is 33.5 Å². The van der Waals surface area contributed by atoms with Gasteiger partial charge in [0.05, 0.1) is 0 Å². The van der Waals surface area contributed by atoms with Crippen LogP contribution in [0.25, 0.3) is 33.5 Å². The number of benzene rings is 1. The highest BCUT2D eigenvalue weighted by molar-refractivity contribution is 5.92. The van der Waals surface area contributed by atoms with Crippen LogP contribution in [-0.4, -0.2) is 15.0 Å². The van der Waals surface area contributed by atoms with E-state index in [-0.39, 0.29) is 0 Å². The molecule has 1 N–H and O–H groups in total. The normalized spacial score (nSPS) is 11.3. The summed E-state index contributed by atoms with van der Waals surface area (Å²) >= 11 is 0. The minimum Gasteiger partial charge on any atom is -0.454 e. The van der Waals surface area contributed by atoms with E-state index in [1.165, 1.54) is 0 Å². The number of aromatic nitrogens is 3. The van der Waals surface area contributed by atoms with E-state index in [1.54, 1.807) is 6.33 Å². The summed E-state index contributed by atoms with van der Waals surface area (Å²) in [5.74, 6) is 0.767. The first-order chi connectivity index (χ1) is 8.92. The second-order valence-corrected chi connectivity index (χ2v) is 4.11. The van der Waals surface area contributed by atoms with E-state index in [0.29, 0.717) is 0 Å². The van der Waals surface area contributed by atoms with Crippen LogP contribution in [0.3, 0.4) is 0 Å². The minimum atomic E-state index is 0.767. The van der Waals surface area contributed by atoms with Crippen LogP contribution in [0.4, 0.5) is 0 Å². The van der Waals surface area contributed by atoms with Gasteiger partial charge in [-0.05, 0) is 18.2 Å². The molecule has 0 bridgehead atoms. The monoisotopic (exact) mass is 235 g/mol. The van der Waals surface area contributed by atoms with Crippen molar-refractivity contribution < 1.29 is 4.42 Å². The molecule has 4 rings (SSSR count). The highest BCUT2D eigenvalue weighted by Crippen LogP contribution is 2.30. The topological polar surface area (TPSA) is 54.7 Å². The number of nitrogens with zero attached hydrogens (tertiary/aromatic N) is 2. The molecule has 3 heterocycles. The summed E-state index contributed by atoms with van der Waals surface area (Å²) in [5, 5.41) is 2.05. The molecule has 0 saturated carbocycles. The van der Waals surface area contributed by atoms with Crippen LogP contribution in [0, 0.1) is 0 Å². The van der Waals surface area contributed by atoms with E-state index in [1.807, 2.05) is 42.6 Å². The summed E-state index contributed by atoms with van der Waals surface area (Å²) in [6.07, 6.45) is 3.40. The van der Waals surface area contributed by atoms with Crippen molar-refractivity contribution in [2.75, 3.05) is 0 Å². The van der Waals surface area contributed by atoms with Gasteiger partial charge in [0.25, 0.3) is 0 Å². The average Bonchev–Trinajstić information content (AvgIpc) is 3.04. The van der Waals surface area contributed by atoms with Gasteiger partial charge in [-0.25, -0.2) is 9.97 Å². The molecule has 4 nitrogen and oxygen atoms in total. The molecule has 0 saturated heterocycles. The van der Waals surface area contributed by atoms with Crippen molar-refractivity contribution in [1.29, 1.82) is 0 Å². The van der Waals surface area contributed by atoms with Gasteiger partial charge in [-0.3, -0.25) is 0 Å². The van der Waals surface area contributed by atoms with Crippen molar-refractivity contribution in [2.24, 2.45) is 0 Å². The molecule has 0 aliphatic carbocycles. The van der Waals surface area contributed by atoms with Gasteiger partial charge in [-0.1, -0.05) is 18.2 Å². The number of aromatic amines is 1. The summed E-state index contributed by atoms with van der Waals surface area (Å²) < 4.78 is 5.83. The summed E-state index contributed by atoms with van der Waals surface area (Å²) in [4.78, 5) is 11.6. The molecule has 0 aliphatic heterocycles. The largest absolute Gasteiger partial charge is 0.454 e. The molecule has 0 aliphatic rings. The number of para-hydroxylation sites is 1. The maximum absolute atomic E-state index is 5.83. The summed E-state index contributed by atoms with van der Waals surface area (Å²) in [7, 11) is 0. The Morgan fingerprint density at radius 3 is 2.94 bits per heavy atom. The van der Waals surface area contributed by atoms with Crippen LogP contribution in [0.2, 0.25) is 0 Å². The van der Waals surface area contributed by atoms with Gasteiger partial charge >= 0.3 is 0 Å². The van der Waals surface area contributed by atoms with Gasteiger partial charge in [-0.15, -0.1) is 0 Å². The van der Waals surface area contributed by atoms with Crippen LogP contribution in [-0.2, 0) is 0 Å². The Kier molecular flexibility index (Phi) is 1.80. The molecule has 0 amide bonds. The standard InChI is InChI=1S/C14H9N3O/c1-2-4-11-9(3-1)7-12(18-11)13-10-5-6-15-14(10)17-8-16-13/h1-8H,(H,15,16,17). The predicted molar refractivity (Wildman–Crippen MR) is 69.1 cm³/mol. The zero-order chi connectivity index (χ0) is 11.9. The summed E-state index contributed by atoms with van der Waals surface area (Å²) in [6.45, 7) is 0. The molecular weight excluding hydrogens is 226 g/mol. The van der Waals surface area contributed by atoms with Gasteiger partial charge in [0.2, 0.25) is 0 Å². The lowest BCUT2D eigenvalue weighted by Crippen LogP contribution is -1.84. The van der Waals surface area contributed by atoms with Crippen LogP contribution in [0.5, 0.6) is 0 Å². The van der Waals surface area contributed by atoms with Crippen molar-refractivity contribution in [3.8, 4) is 11.5 Å². The Morgan fingerprint density at radius 1 is 1.06 bits per heavy atom. The smallest absolute Gasteiger partial charge is 0.154 e. The molecule has 1 aromatic carbocycles. The zero-order valence-electron chi connectivity index (χ0n) is 9.42. The molecule has 4 heteroatoms. The van der Waals surface area contributed by atoms with Gasteiger partial charge in [0, 0.05) is 17.0 Å². The SMILES string of the molecule is c1ccc2oc(-c3ncnc4[nH]ccc34)cc2c1. The second-order valence-electron chi connectivity index (χ2n) is 4.11. The molecule has 3 aromatic heterocycles. The van der Waals surface area contributed by atoms with Gasteiger partial charge in [0.1, 0.15) is 23.3 Å². The molecule has 86 valence electrons. The second kappa shape index (κ2) is 3.43. The maximum atomic E-state index is 5.83. The van der Waals surface area contributed by atoms with E-state index >= 15 is 0 Å². The first kappa shape index (κ1) is 9.41. The number of hydrogen-bond donors (Lipinski definition) is 1. The number of rotatable bonds is 1. The third kappa shape index (κ3) is 1.26. The van der Waals surface area contributed by atoms with Crippen molar-refractivity contribution in [3.63, 3.8) is 0 Å². The van der Waals surface area contributed by atoms with Gasteiger partial charge in [0.15, 0.2) is 5.76 Å². The molecule has 0 spiro atoms. The Hall–Kier alpha value is -2.62. The minimum absolute atomic E-state index is 0.767. The number of H-pyrrole nitrogens is 1. The fourth-order valence-electron chi connectivity index (χ4n) is 2.17. The lowest BCUT2D eigenvalue weighted by atomic mass is 10.2. The van der Waals surface area contributed by atoms with E-state index in [9.17, 15) is 0 Å². The Morgan fingerprint density at radius 2 is 2.00 bits per heavy atom. The lowest BCUT2D eigenvalue weighted by molar-refractivity contribution is 0.629. The first-order valence-electron chi connectivity index (χ1n) is 5.69. The van der Waals surface area contributed by atoms with E-state index < -0.39 is 0 Å². The van der Waals surface area contributed by atoms with Crippen LogP contribution in [0.15, 0.2) is 53.3 Å². The molecule has 0 fully saturated rings. The zero-order valence-corrected chi connectivity index (χ0v) is 9.42. The fourth-order valence-corrected chi connectivity index (χ4v) is 2.17. The Bertz CT molecular complexity index is 811. The molecule has 4 aromatic rings. The third-order valence-electron chi connectivity index (χ3n) is 3.01. The molecule has 0 radical (unpaired) electrons. The fraction of sp³-hybridized carbons (Fsp3) is 0. The number of hydrogen-bond acceptors (Lipinski definition) is 3. The lowest BCUT2D eigenvalue weighted by Gasteiger charge is -1.96. The van der Waals surface area contributed by atoms with Crippen molar-refractivity contribution in [3.05, 3.63) is 48.9 Å². The highest BCUT2D eigenvalue weighted by Gasteiger charge is 2.11.